The van der Waals surface area contributed by atoms with Gasteiger partial charge in [0.2, 0.25) is 0 Å². The van der Waals surface area contributed by atoms with Gasteiger partial charge in [0.1, 0.15) is 11.2 Å². The van der Waals surface area contributed by atoms with E-state index in [0.29, 0.717) is 0 Å². The molecular formula is C84H72BN3O. The Labute approximate surface area is 525 Å². The standard InChI is InChI=1S/C84H72BN3O/c1-12-23-56(24-13-2)58-35-42-72(52(3)45-58)86(73-43-36-59(46-53(73)4)57-25-15-14-16-26-57)63-39-41-70-77(51-63)87(62-38-40-66-65-27-17-19-30-68(65)84(10,11)69(66)50-62)75-31-22-32-76-81(75)85(70)71-49-61(83(7,8)9)37-44-74(71)88(76)82-54(5)47-60(48-55(82)6)64-29-21-34-79-80(64)67-28-18-20-33-78(67)89-79/h12-51H,1H2,2-11H3/b24-13-,56-23+. The highest BCUT2D eigenvalue weighted by Gasteiger charge is 2.45. The molecule has 11 aromatic carbocycles. The Morgan fingerprint density at radius 2 is 1.20 bits per heavy atom. The van der Waals surface area contributed by atoms with Crippen LogP contribution in [0.5, 0.6) is 0 Å². The van der Waals surface area contributed by atoms with Crippen molar-refractivity contribution in [3.05, 3.63) is 294 Å². The first-order chi connectivity index (χ1) is 43.1. The van der Waals surface area contributed by atoms with Crippen LogP contribution in [0.25, 0.3) is 60.9 Å². The zero-order valence-electron chi connectivity index (χ0n) is 52.6. The summed E-state index contributed by atoms with van der Waals surface area (Å²) in [6.07, 6.45) is 8.23. The van der Waals surface area contributed by atoms with Gasteiger partial charge in [0.25, 0.3) is 6.71 Å². The SMILES string of the molecule is C=C/C=C(\C=C/C)c1ccc(N(c2ccc3c(c2)N(c2ccc4c(c2)C(C)(C)c2ccccc2-4)c2cccc4c2B3c2cc(C(C)(C)C)ccc2N4c2c(C)cc(-c3cccc4oc5ccccc5c34)cc2C)c2ccc(-c3ccccc3)cc2C)c(C)c1. The average molecular weight is 1150 g/mol. The number of furan rings is 1. The third kappa shape index (κ3) is 8.87. The predicted octanol–water partition coefficient (Wildman–Crippen LogP) is 21.5. The molecule has 15 rings (SSSR count). The van der Waals surface area contributed by atoms with Crippen LogP contribution in [0.1, 0.15) is 86.1 Å². The van der Waals surface area contributed by atoms with Crippen molar-refractivity contribution < 1.29 is 4.42 Å². The van der Waals surface area contributed by atoms with E-state index in [1.165, 1.54) is 111 Å². The van der Waals surface area contributed by atoms with Crippen molar-refractivity contribution in [1.29, 1.82) is 0 Å². The zero-order valence-corrected chi connectivity index (χ0v) is 52.6. The molecule has 0 unspecified atom stereocenters. The van der Waals surface area contributed by atoms with E-state index >= 15 is 0 Å². The lowest BCUT2D eigenvalue weighted by Gasteiger charge is -2.45. The molecule has 89 heavy (non-hydrogen) atoms. The number of rotatable bonds is 10. The van der Waals surface area contributed by atoms with Gasteiger partial charge in [-0.15, -0.1) is 0 Å². The van der Waals surface area contributed by atoms with Gasteiger partial charge in [0, 0.05) is 61.7 Å². The number of nitrogens with zero attached hydrogens (tertiary/aromatic N) is 3. The largest absolute Gasteiger partial charge is 0.456 e. The molecule has 0 atom stereocenters. The summed E-state index contributed by atoms with van der Waals surface area (Å²) in [7, 11) is 0. The van der Waals surface area contributed by atoms with Crippen molar-refractivity contribution in [1.82, 2.24) is 0 Å². The number of hydrogen-bond donors (Lipinski definition) is 0. The molecule has 0 saturated heterocycles. The highest BCUT2D eigenvalue weighted by molar-refractivity contribution is 7.00. The van der Waals surface area contributed by atoms with E-state index in [9.17, 15) is 0 Å². The molecule has 1 aliphatic carbocycles. The Bertz CT molecular complexity index is 4950. The molecule has 3 heterocycles. The van der Waals surface area contributed by atoms with Crippen LogP contribution in [-0.2, 0) is 10.8 Å². The summed E-state index contributed by atoms with van der Waals surface area (Å²) < 4.78 is 6.44. The second-order valence-corrected chi connectivity index (χ2v) is 26.3. The number of hydrogen-bond acceptors (Lipinski definition) is 4. The molecule has 12 aromatic rings. The van der Waals surface area contributed by atoms with Crippen molar-refractivity contribution >= 4 is 102 Å². The maximum atomic E-state index is 6.44. The Hall–Kier alpha value is -10.1. The van der Waals surface area contributed by atoms with E-state index in [0.717, 1.165) is 61.5 Å². The lowest BCUT2D eigenvalue weighted by atomic mass is 9.33. The van der Waals surface area contributed by atoms with Crippen LogP contribution in [0, 0.1) is 27.7 Å². The normalized spacial score (nSPS) is 13.8. The smallest absolute Gasteiger partial charge is 0.252 e. The summed E-state index contributed by atoms with van der Waals surface area (Å²) in [6.45, 7) is 27.0. The van der Waals surface area contributed by atoms with E-state index in [2.05, 4.69) is 327 Å². The van der Waals surface area contributed by atoms with Crippen molar-refractivity contribution in [2.75, 3.05) is 14.7 Å². The van der Waals surface area contributed by atoms with Gasteiger partial charge in [-0.25, -0.2) is 0 Å². The van der Waals surface area contributed by atoms with Crippen molar-refractivity contribution in [2.45, 2.75) is 80.1 Å². The van der Waals surface area contributed by atoms with Gasteiger partial charge in [0.05, 0.1) is 5.69 Å². The van der Waals surface area contributed by atoms with E-state index in [4.69, 9.17) is 4.42 Å². The molecule has 0 spiro atoms. The Kier molecular flexibility index (Phi) is 13.1. The number of para-hydroxylation sites is 1. The fourth-order valence-electron chi connectivity index (χ4n) is 15.1. The molecule has 0 fully saturated rings. The topological polar surface area (TPSA) is 22.9 Å². The fourth-order valence-corrected chi connectivity index (χ4v) is 15.1. The first-order valence-electron chi connectivity index (χ1n) is 31.4. The molecular weight excluding hydrogens is 1080 g/mol. The molecule has 0 N–H and O–H groups in total. The first kappa shape index (κ1) is 55.5. The Balaban J connectivity index is 0.973. The van der Waals surface area contributed by atoms with E-state index in [1.54, 1.807) is 0 Å². The van der Waals surface area contributed by atoms with E-state index in [1.807, 2.05) is 6.08 Å². The van der Waals surface area contributed by atoms with Crippen molar-refractivity contribution in [2.24, 2.45) is 0 Å². The minimum atomic E-state index is -0.213. The van der Waals surface area contributed by atoms with Crippen LogP contribution in [0.3, 0.4) is 0 Å². The van der Waals surface area contributed by atoms with Gasteiger partial charge in [0.15, 0.2) is 0 Å². The van der Waals surface area contributed by atoms with Crippen LogP contribution in [0.4, 0.5) is 51.2 Å². The maximum Gasteiger partial charge on any atom is 0.252 e. The van der Waals surface area contributed by atoms with Crippen LogP contribution < -0.4 is 31.1 Å². The highest BCUT2D eigenvalue weighted by atomic mass is 16.3. The van der Waals surface area contributed by atoms with Crippen LogP contribution >= 0.6 is 0 Å². The number of allylic oxidation sites excluding steroid dienone is 5. The molecule has 0 radical (unpaired) electrons. The molecule has 2 aliphatic heterocycles. The number of anilines is 9. The van der Waals surface area contributed by atoms with Crippen molar-refractivity contribution in [3.63, 3.8) is 0 Å². The number of benzene rings is 11. The molecule has 1 aromatic heterocycles. The molecule has 5 heteroatoms. The van der Waals surface area contributed by atoms with Crippen molar-refractivity contribution in [3.8, 4) is 33.4 Å². The van der Waals surface area contributed by atoms with Gasteiger partial charge in [-0.1, -0.05) is 193 Å². The average Bonchev–Trinajstić information content (AvgIpc) is 1.61. The lowest BCUT2D eigenvalue weighted by molar-refractivity contribution is 0.591. The summed E-state index contributed by atoms with van der Waals surface area (Å²) in [6, 6.07) is 82.3. The fraction of sp³-hybridized carbons (Fsp3) is 0.143. The van der Waals surface area contributed by atoms with E-state index in [-0.39, 0.29) is 17.5 Å². The molecule has 0 amide bonds. The maximum absolute atomic E-state index is 6.44. The van der Waals surface area contributed by atoms with Crippen LogP contribution in [0.15, 0.2) is 254 Å². The van der Waals surface area contributed by atoms with Crippen LogP contribution in [0.2, 0.25) is 0 Å². The Morgan fingerprint density at radius 3 is 1.96 bits per heavy atom. The monoisotopic (exact) mass is 1150 g/mol. The van der Waals surface area contributed by atoms with Crippen LogP contribution in [-0.4, -0.2) is 6.71 Å². The second-order valence-electron chi connectivity index (χ2n) is 26.3. The second kappa shape index (κ2) is 21.1. The molecule has 3 aliphatic rings. The Morgan fingerprint density at radius 1 is 0.528 bits per heavy atom. The van der Waals surface area contributed by atoms with Gasteiger partial charge < -0.3 is 19.1 Å². The minimum Gasteiger partial charge on any atom is -0.456 e. The molecule has 432 valence electrons. The lowest BCUT2D eigenvalue weighted by Crippen LogP contribution is -2.61. The third-order valence-electron chi connectivity index (χ3n) is 19.3. The molecule has 4 nitrogen and oxygen atoms in total. The summed E-state index contributed by atoms with van der Waals surface area (Å²) >= 11 is 0. The highest BCUT2D eigenvalue weighted by Crippen LogP contribution is 2.53. The molecule has 0 bridgehead atoms. The summed E-state index contributed by atoms with van der Waals surface area (Å²) in [4.78, 5) is 7.70. The molecule has 0 saturated carbocycles. The minimum absolute atomic E-state index is 0.0971. The summed E-state index contributed by atoms with van der Waals surface area (Å²) in [5.41, 5.74) is 34.1. The van der Waals surface area contributed by atoms with Gasteiger partial charge in [-0.05, 0) is 231 Å². The van der Waals surface area contributed by atoms with Gasteiger partial charge in [-0.3, -0.25) is 0 Å². The number of aryl methyl sites for hydroxylation is 4. The third-order valence-corrected chi connectivity index (χ3v) is 19.3. The van der Waals surface area contributed by atoms with Gasteiger partial charge >= 0.3 is 0 Å². The summed E-state index contributed by atoms with van der Waals surface area (Å²) in [5.74, 6) is 0. The first-order valence-corrected chi connectivity index (χ1v) is 31.4. The quantitative estimate of drug-likeness (QED) is 0.101. The van der Waals surface area contributed by atoms with E-state index < -0.39 is 0 Å². The summed E-state index contributed by atoms with van der Waals surface area (Å²) in [5, 5.41) is 2.28. The van der Waals surface area contributed by atoms with Gasteiger partial charge in [-0.2, -0.15) is 0 Å². The zero-order chi connectivity index (χ0) is 61.2. The number of fused-ring (bicyclic) bond motifs is 10. The predicted molar refractivity (Wildman–Crippen MR) is 381 cm³/mol.